The SMILES string of the molecule is CC1=C(c2nc(-c3cccs3)no2)C(c2ccc(Cl)cc2)NC(=O)N1CC(C)C. The third-order valence-corrected chi connectivity index (χ3v) is 5.86. The molecule has 1 aromatic carbocycles. The smallest absolute Gasteiger partial charge is 0.322 e. The van der Waals surface area contributed by atoms with E-state index in [0.29, 0.717) is 29.2 Å². The van der Waals surface area contributed by atoms with Crippen molar-refractivity contribution in [3.8, 4) is 10.7 Å². The summed E-state index contributed by atoms with van der Waals surface area (Å²) in [6, 6.07) is 10.8. The number of thiophene rings is 1. The van der Waals surface area contributed by atoms with Gasteiger partial charge in [0, 0.05) is 17.3 Å². The van der Waals surface area contributed by atoms with Gasteiger partial charge in [0.2, 0.25) is 5.82 Å². The summed E-state index contributed by atoms with van der Waals surface area (Å²) in [5, 5.41) is 9.85. The maximum atomic E-state index is 12.8. The van der Waals surface area contributed by atoms with Crippen LogP contribution in [-0.2, 0) is 0 Å². The topological polar surface area (TPSA) is 71.3 Å². The number of allylic oxidation sites excluding steroid dienone is 1. The van der Waals surface area contributed by atoms with Gasteiger partial charge in [-0.25, -0.2) is 4.79 Å². The number of hydrogen-bond donors (Lipinski definition) is 1. The maximum absolute atomic E-state index is 12.8. The number of hydrogen-bond acceptors (Lipinski definition) is 5. The van der Waals surface area contributed by atoms with E-state index in [1.165, 1.54) is 0 Å². The molecule has 1 aliphatic rings. The van der Waals surface area contributed by atoms with E-state index in [2.05, 4.69) is 29.3 Å². The van der Waals surface area contributed by atoms with Crippen molar-refractivity contribution in [2.45, 2.75) is 26.8 Å². The highest BCUT2D eigenvalue weighted by Gasteiger charge is 2.35. The summed E-state index contributed by atoms with van der Waals surface area (Å²) < 4.78 is 5.65. The molecule has 3 aromatic rings. The van der Waals surface area contributed by atoms with E-state index in [1.807, 2.05) is 36.6 Å². The van der Waals surface area contributed by atoms with Crippen LogP contribution in [0.15, 0.2) is 52.0 Å². The summed E-state index contributed by atoms with van der Waals surface area (Å²) in [4.78, 5) is 20.1. The number of benzene rings is 1. The van der Waals surface area contributed by atoms with Crippen LogP contribution in [-0.4, -0.2) is 27.6 Å². The van der Waals surface area contributed by atoms with Crippen LogP contribution in [0.4, 0.5) is 4.79 Å². The van der Waals surface area contributed by atoms with Gasteiger partial charge < -0.3 is 9.84 Å². The highest BCUT2D eigenvalue weighted by molar-refractivity contribution is 7.13. The second-order valence-electron chi connectivity index (χ2n) is 7.34. The molecule has 2 aromatic heterocycles. The third kappa shape index (κ3) is 3.93. The molecule has 1 aliphatic heterocycles. The van der Waals surface area contributed by atoms with Crippen LogP contribution in [0, 0.1) is 5.92 Å². The van der Waals surface area contributed by atoms with Crippen molar-refractivity contribution in [2.24, 2.45) is 5.92 Å². The summed E-state index contributed by atoms with van der Waals surface area (Å²) in [6.45, 7) is 6.68. The Bertz CT molecular complexity index is 1040. The molecule has 2 amide bonds. The number of amides is 2. The fraction of sp³-hybridized carbons (Fsp3) is 0.286. The number of halogens is 1. The van der Waals surface area contributed by atoms with E-state index in [1.54, 1.807) is 28.4 Å². The summed E-state index contributed by atoms with van der Waals surface area (Å²) in [5.41, 5.74) is 2.50. The van der Waals surface area contributed by atoms with E-state index in [4.69, 9.17) is 16.1 Å². The van der Waals surface area contributed by atoms with Crippen molar-refractivity contribution < 1.29 is 9.32 Å². The van der Waals surface area contributed by atoms with Crippen LogP contribution >= 0.6 is 22.9 Å². The zero-order valence-electron chi connectivity index (χ0n) is 16.3. The molecule has 150 valence electrons. The zero-order valence-corrected chi connectivity index (χ0v) is 17.9. The van der Waals surface area contributed by atoms with Gasteiger partial charge in [0.1, 0.15) is 0 Å². The molecule has 8 heteroatoms. The van der Waals surface area contributed by atoms with E-state index in [0.717, 1.165) is 21.7 Å². The number of aromatic nitrogens is 2. The second kappa shape index (κ2) is 8.00. The minimum atomic E-state index is -0.403. The second-order valence-corrected chi connectivity index (χ2v) is 8.72. The van der Waals surface area contributed by atoms with Crippen LogP contribution in [0.2, 0.25) is 5.02 Å². The van der Waals surface area contributed by atoms with Crippen molar-refractivity contribution in [1.29, 1.82) is 0 Å². The molecular formula is C21H21ClN4O2S. The minimum absolute atomic E-state index is 0.141. The van der Waals surface area contributed by atoms with E-state index in [9.17, 15) is 4.79 Å². The quantitative estimate of drug-likeness (QED) is 0.573. The molecule has 29 heavy (non-hydrogen) atoms. The molecule has 6 nitrogen and oxygen atoms in total. The molecule has 1 atom stereocenters. The van der Waals surface area contributed by atoms with Gasteiger partial charge in [-0.3, -0.25) is 4.90 Å². The Morgan fingerprint density at radius 3 is 2.69 bits per heavy atom. The van der Waals surface area contributed by atoms with Crippen molar-refractivity contribution in [2.75, 3.05) is 6.54 Å². The monoisotopic (exact) mass is 428 g/mol. The molecule has 0 saturated carbocycles. The van der Waals surface area contributed by atoms with Gasteiger partial charge in [-0.15, -0.1) is 11.3 Å². The van der Waals surface area contributed by atoms with E-state index >= 15 is 0 Å². The largest absolute Gasteiger partial charge is 0.334 e. The van der Waals surface area contributed by atoms with Crippen molar-refractivity contribution in [3.05, 3.63) is 64.0 Å². The van der Waals surface area contributed by atoms with Gasteiger partial charge in [0.05, 0.1) is 16.5 Å². The first-order chi connectivity index (χ1) is 13.9. The van der Waals surface area contributed by atoms with Gasteiger partial charge in [-0.1, -0.05) is 48.8 Å². The predicted molar refractivity (Wildman–Crippen MR) is 114 cm³/mol. The van der Waals surface area contributed by atoms with Crippen molar-refractivity contribution >= 4 is 34.5 Å². The predicted octanol–water partition coefficient (Wildman–Crippen LogP) is 5.61. The Balaban J connectivity index is 1.82. The Morgan fingerprint density at radius 1 is 1.28 bits per heavy atom. The van der Waals surface area contributed by atoms with Crippen LogP contribution in [0.1, 0.15) is 38.3 Å². The van der Waals surface area contributed by atoms with Crippen molar-refractivity contribution in [3.63, 3.8) is 0 Å². The average Bonchev–Trinajstić information content (AvgIpc) is 3.37. The lowest BCUT2D eigenvalue weighted by Crippen LogP contribution is -2.47. The lowest BCUT2D eigenvalue weighted by Gasteiger charge is -2.36. The minimum Gasteiger partial charge on any atom is -0.334 e. The number of urea groups is 1. The highest BCUT2D eigenvalue weighted by Crippen LogP contribution is 2.38. The molecule has 0 saturated heterocycles. The Hall–Kier alpha value is -2.64. The van der Waals surface area contributed by atoms with Gasteiger partial charge in [-0.2, -0.15) is 4.98 Å². The van der Waals surface area contributed by atoms with Gasteiger partial charge >= 0.3 is 6.03 Å². The number of nitrogens with one attached hydrogen (secondary N) is 1. The molecular weight excluding hydrogens is 408 g/mol. The molecule has 0 aliphatic carbocycles. The maximum Gasteiger partial charge on any atom is 0.322 e. The molecule has 0 fully saturated rings. The Kier molecular flexibility index (Phi) is 5.43. The van der Waals surface area contributed by atoms with Crippen molar-refractivity contribution in [1.82, 2.24) is 20.4 Å². The first kappa shape index (κ1) is 19.7. The lowest BCUT2D eigenvalue weighted by molar-refractivity contribution is 0.199. The van der Waals surface area contributed by atoms with Crippen LogP contribution < -0.4 is 5.32 Å². The molecule has 1 N–H and O–H groups in total. The fourth-order valence-electron chi connectivity index (χ4n) is 3.39. The summed E-state index contributed by atoms with van der Waals surface area (Å²) in [6.07, 6.45) is 0. The van der Waals surface area contributed by atoms with E-state index in [-0.39, 0.29) is 6.03 Å². The lowest BCUT2D eigenvalue weighted by atomic mass is 9.94. The normalized spacial score (nSPS) is 17.2. The van der Waals surface area contributed by atoms with Crippen LogP contribution in [0.5, 0.6) is 0 Å². The highest BCUT2D eigenvalue weighted by atomic mass is 35.5. The van der Waals surface area contributed by atoms with Gasteiger partial charge in [0.15, 0.2) is 0 Å². The molecule has 0 spiro atoms. The molecule has 1 unspecified atom stereocenters. The summed E-state index contributed by atoms with van der Waals surface area (Å²) in [5.74, 6) is 1.26. The molecule has 3 heterocycles. The number of rotatable bonds is 5. The van der Waals surface area contributed by atoms with Gasteiger partial charge in [0.25, 0.3) is 5.89 Å². The number of carbonyl (C=O) groups is 1. The third-order valence-electron chi connectivity index (χ3n) is 4.75. The first-order valence-electron chi connectivity index (χ1n) is 9.36. The zero-order chi connectivity index (χ0) is 20.5. The standard InChI is InChI=1S/C21H21ClN4O2S/c1-12(2)11-26-13(3)17(20-24-19(25-28-20)16-5-4-10-29-16)18(23-21(26)27)14-6-8-15(22)9-7-14/h4-10,12,18H,11H2,1-3H3,(H,23,27). The van der Waals surface area contributed by atoms with E-state index < -0.39 is 6.04 Å². The van der Waals surface area contributed by atoms with Crippen LogP contribution in [0.3, 0.4) is 0 Å². The summed E-state index contributed by atoms with van der Waals surface area (Å²) >= 11 is 7.60. The summed E-state index contributed by atoms with van der Waals surface area (Å²) in [7, 11) is 0. The fourth-order valence-corrected chi connectivity index (χ4v) is 4.16. The molecule has 0 bridgehead atoms. The van der Waals surface area contributed by atoms with Gasteiger partial charge in [-0.05, 0) is 42.0 Å². The molecule has 4 rings (SSSR count). The number of carbonyl (C=O) groups excluding carboxylic acids is 1. The first-order valence-corrected chi connectivity index (χ1v) is 10.6. The average molecular weight is 429 g/mol. The Morgan fingerprint density at radius 2 is 2.03 bits per heavy atom. The Labute approximate surface area is 178 Å². The van der Waals surface area contributed by atoms with Crippen LogP contribution in [0.25, 0.3) is 16.3 Å². The number of nitrogens with zero attached hydrogens (tertiary/aromatic N) is 3. The molecule has 0 radical (unpaired) electrons.